The van der Waals surface area contributed by atoms with Gasteiger partial charge in [-0.1, -0.05) is 60.7 Å². The number of benzene rings is 2. The minimum Gasteiger partial charge on any atom is -0.296 e. The van der Waals surface area contributed by atoms with E-state index in [0.717, 1.165) is 5.57 Å². The molecule has 0 radical (unpaired) electrons. The topological polar surface area (TPSA) is 12.4 Å². The molecule has 0 saturated carbocycles. The summed E-state index contributed by atoms with van der Waals surface area (Å²) in [4.78, 5) is 4.12. The van der Waals surface area contributed by atoms with Gasteiger partial charge >= 0.3 is 0 Å². The minimum absolute atomic E-state index is 1.12. The van der Waals surface area contributed by atoms with Crippen LogP contribution in [0.4, 0.5) is 0 Å². The average molecular weight is 221 g/mol. The van der Waals surface area contributed by atoms with Gasteiger partial charge in [-0.3, -0.25) is 4.99 Å². The highest BCUT2D eigenvalue weighted by atomic mass is 14.6. The van der Waals surface area contributed by atoms with Gasteiger partial charge in [0.1, 0.15) is 0 Å². The summed E-state index contributed by atoms with van der Waals surface area (Å²) in [5, 5.41) is 0. The zero-order valence-electron chi connectivity index (χ0n) is 9.88. The largest absolute Gasteiger partial charge is 0.296 e. The molecule has 84 valence electrons. The third kappa shape index (κ3) is 3.15. The summed E-state index contributed by atoms with van der Waals surface area (Å²) in [6.07, 6.45) is 4.03. The van der Waals surface area contributed by atoms with Crippen LogP contribution >= 0.6 is 0 Å². The molecule has 0 heterocycles. The van der Waals surface area contributed by atoms with Crippen LogP contribution in [0.15, 0.2) is 65.7 Å². The fraction of sp³-hybridized carbons (Fsp3) is 0.0625. The SMILES string of the molecule is CN=C/C(=C/c1ccccc1)c1ccccc1. The zero-order chi connectivity index (χ0) is 11.9. The molecule has 0 saturated heterocycles. The number of hydrogen-bond acceptors (Lipinski definition) is 1. The van der Waals surface area contributed by atoms with Crippen LogP contribution in [0.2, 0.25) is 0 Å². The Morgan fingerprint density at radius 2 is 1.47 bits per heavy atom. The molecule has 0 fully saturated rings. The summed E-state index contributed by atoms with van der Waals surface area (Å²) >= 11 is 0. The molecule has 0 unspecified atom stereocenters. The molecule has 0 bridgehead atoms. The molecule has 1 nitrogen and oxygen atoms in total. The molecule has 0 aromatic heterocycles. The molecule has 0 atom stereocenters. The van der Waals surface area contributed by atoms with Crippen LogP contribution in [0, 0.1) is 0 Å². The second-order valence-corrected chi connectivity index (χ2v) is 3.76. The Balaban J connectivity index is 2.40. The van der Waals surface area contributed by atoms with Gasteiger partial charge < -0.3 is 0 Å². The fourth-order valence-corrected chi connectivity index (χ4v) is 1.69. The van der Waals surface area contributed by atoms with Crippen molar-refractivity contribution in [2.24, 2.45) is 4.99 Å². The lowest BCUT2D eigenvalue weighted by Gasteiger charge is -2.02. The average Bonchev–Trinajstić information content (AvgIpc) is 2.40. The first kappa shape index (κ1) is 11.3. The number of nitrogens with zero attached hydrogens (tertiary/aromatic N) is 1. The monoisotopic (exact) mass is 221 g/mol. The van der Waals surface area contributed by atoms with Gasteiger partial charge in [0, 0.05) is 18.8 Å². The van der Waals surface area contributed by atoms with Gasteiger partial charge in [-0.25, -0.2) is 0 Å². The van der Waals surface area contributed by atoms with Crippen molar-refractivity contribution in [2.45, 2.75) is 0 Å². The molecule has 2 rings (SSSR count). The van der Waals surface area contributed by atoms with Crippen molar-refractivity contribution in [2.75, 3.05) is 7.05 Å². The summed E-state index contributed by atoms with van der Waals surface area (Å²) in [6.45, 7) is 0. The highest BCUT2D eigenvalue weighted by Crippen LogP contribution is 2.16. The van der Waals surface area contributed by atoms with Gasteiger partial charge in [-0.05, 0) is 17.2 Å². The van der Waals surface area contributed by atoms with Gasteiger partial charge in [0.15, 0.2) is 0 Å². The molecule has 1 heteroatoms. The van der Waals surface area contributed by atoms with E-state index in [1.54, 1.807) is 7.05 Å². The van der Waals surface area contributed by atoms with Crippen molar-refractivity contribution in [1.29, 1.82) is 0 Å². The van der Waals surface area contributed by atoms with E-state index in [1.807, 2.05) is 42.6 Å². The smallest absolute Gasteiger partial charge is 0.0287 e. The lowest BCUT2D eigenvalue weighted by molar-refractivity contribution is 1.47. The standard InChI is InChI=1S/C16H15N/c1-17-13-16(15-10-6-3-7-11-15)12-14-8-4-2-5-9-14/h2-13H,1H3/b16-12-,17-13?. The van der Waals surface area contributed by atoms with E-state index in [9.17, 15) is 0 Å². The Morgan fingerprint density at radius 3 is 2.06 bits per heavy atom. The first-order valence-corrected chi connectivity index (χ1v) is 5.64. The molecule has 0 aliphatic carbocycles. The van der Waals surface area contributed by atoms with Crippen LogP contribution in [-0.2, 0) is 0 Å². The molecule has 2 aromatic rings. The number of allylic oxidation sites excluding steroid dienone is 1. The predicted molar refractivity (Wildman–Crippen MR) is 75.2 cm³/mol. The Labute approximate surface area is 102 Å². The van der Waals surface area contributed by atoms with Gasteiger partial charge in [0.05, 0.1) is 0 Å². The maximum atomic E-state index is 4.12. The Bertz CT molecular complexity index is 510. The van der Waals surface area contributed by atoms with E-state index >= 15 is 0 Å². The molecule has 0 aliphatic heterocycles. The maximum Gasteiger partial charge on any atom is 0.0287 e. The number of hydrogen-bond donors (Lipinski definition) is 0. The quantitative estimate of drug-likeness (QED) is 0.550. The summed E-state index contributed by atoms with van der Waals surface area (Å²) in [5.74, 6) is 0. The van der Waals surface area contributed by atoms with Crippen molar-refractivity contribution >= 4 is 17.9 Å². The molecular weight excluding hydrogens is 206 g/mol. The van der Waals surface area contributed by atoms with Crippen LogP contribution in [-0.4, -0.2) is 13.3 Å². The summed E-state index contributed by atoms with van der Waals surface area (Å²) < 4.78 is 0. The number of aliphatic imine (C=N–C) groups is 1. The van der Waals surface area contributed by atoms with Gasteiger partial charge in [-0.15, -0.1) is 0 Å². The molecule has 0 amide bonds. The normalized spacial score (nSPS) is 11.9. The van der Waals surface area contributed by atoms with Gasteiger partial charge in [-0.2, -0.15) is 0 Å². The van der Waals surface area contributed by atoms with Crippen molar-refractivity contribution in [3.8, 4) is 0 Å². The van der Waals surface area contributed by atoms with Crippen molar-refractivity contribution in [3.05, 3.63) is 71.8 Å². The second kappa shape index (κ2) is 5.80. The van der Waals surface area contributed by atoms with Crippen LogP contribution in [0.1, 0.15) is 11.1 Å². The number of rotatable bonds is 3. The molecule has 17 heavy (non-hydrogen) atoms. The van der Waals surface area contributed by atoms with Crippen molar-refractivity contribution < 1.29 is 0 Å². The van der Waals surface area contributed by atoms with E-state index in [0.29, 0.717) is 0 Å². The van der Waals surface area contributed by atoms with Crippen LogP contribution < -0.4 is 0 Å². The van der Waals surface area contributed by atoms with E-state index in [2.05, 4.69) is 35.3 Å². The third-order valence-electron chi connectivity index (χ3n) is 2.50. The Kier molecular flexibility index (Phi) is 3.87. The lowest BCUT2D eigenvalue weighted by Crippen LogP contribution is -1.85. The van der Waals surface area contributed by atoms with Gasteiger partial charge in [0.2, 0.25) is 0 Å². The van der Waals surface area contributed by atoms with E-state index < -0.39 is 0 Å². The zero-order valence-corrected chi connectivity index (χ0v) is 9.88. The molecular formula is C16H15N. The highest BCUT2D eigenvalue weighted by Gasteiger charge is 1.97. The molecule has 0 N–H and O–H groups in total. The lowest BCUT2D eigenvalue weighted by atomic mass is 10.0. The maximum absolute atomic E-state index is 4.12. The third-order valence-corrected chi connectivity index (χ3v) is 2.50. The fourth-order valence-electron chi connectivity index (χ4n) is 1.69. The van der Waals surface area contributed by atoms with E-state index in [1.165, 1.54) is 11.1 Å². The Hall–Kier alpha value is -2.15. The van der Waals surface area contributed by atoms with Crippen molar-refractivity contribution in [3.63, 3.8) is 0 Å². The van der Waals surface area contributed by atoms with Crippen LogP contribution in [0.3, 0.4) is 0 Å². The second-order valence-electron chi connectivity index (χ2n) is 3.76. The molecule has 0 aliphatic rings. The first-order chi connectivity index (χ1) is 8.40. The van der Waals surface area contributed by atoms with Gasteiger partial charge in [0.25, 0.3) is 0 Å². The minimum atomic E-state index is 1.12. The summed E-state index contributed by atoms with van der Waals surface area (Å²) in [7, 11) is 1.79. The highest BCUT2D eigenvalue weighted by molar-refractivity contribution is 6.15. The first-order valence-electron chi connectivity index (χ1n) is 5.64. The summed E-state index contributed by atoms with van der Waals surface area (Å²) in [5.41, 5.74) is 3.49. The summed E-state index contributed by atoms with van der Waals surface area (Å²) in [6, 6.07) is 20.6. The van der Waals surface area contributed by atoms with Crippen molar-refractivity contribution in [1.82, 2.24) is 0 Å². The van der Waals surface area contributed by atoms with Crippen LogP contribution in [0.25, 0.3) is 11.6 Å². The van der Waals surface area contributed by atoms with E-state index in [-0.39, 0.29) is 0 Å². The van der Waals surface area contributed by atoms with Crippen LogP contribution in [0.5, 0.6) is 0 Å². The Morgan fingerprint density at radius 1 is 0.882 bits per heavy atom. The molecule has 2 aromatic carbocycles. The molecule has 0 spiro atoms. The predicted octanol–water partition coefficient (Wildman–Crippen LogP) is 3.93. The van der Waals surface area contributed by atoms with E-state index in [4.69, 9.17) is 0 Å².